The Hall–Kier alpha value is -2.89. The summed E-state index contributed by atoms with van der Waals surface area (Å²) in [4.78, 5) is 22.3. The molecular weight excluding hydrogens is 310 g/mol. The van der Waals surface area contributed by atoms with Crippen molar-refractivity contribution in [2.45, 2.75) is 25.9 Å². The first kappa shape index (κ1) is 17.5. The molecule has 0 saturated heterocycles. The van der Waals surface area contributed by atoms with E-state index >= 15 is 0 Å². The van der Waals surface area contributed by atoms with Crippen LogP contribution in [0.4, 0.5) is 5.69 Å². The summed E-state index contributed by atoms with van der Waals surface area (Å²) in [6.07, 6.45) is 0.268. The van der Waals surface area contributed by atoms with E-state index in [1.165, 1.54) is 12.1 Å². The highest BCUT2D eigenvalue weighted by molar-refractivity contribution is 5.70. The van der Waals surface area contributed by atoms with Crippen molar-refractivity contribution in [3.05, 3.63) is 69.8 Å². The van der Waals surface area contributed by atoms with Crippen LogP contribution in [0, 0.1) is 10.1 Å². The highest BCUT2D eigenvalue weighted by atomic mass is 16.6. The topological polar surface area (TPSA) is 78.7 Å². The third kappa shape index (κ3) is 4.81. The van der Waals surface area contributed by atoms with Crippen LogP contribution >= 0.6 is 0 Å². The molecule has 6 nitrogen and oxygen atoms in total. The molecule has 24 heavy (non-hydrogen) atoms. The van der Waals surface area contributed by atoms with Crippen LogP contribution < -0.4 is 4.74 Å². The van der Waals surface area contributed by atoms with Crippen molar-refractivity contribution in [2.24, 2.45) is 0 Å². The second kappa shape index (κ2) is 8.10. The molecule has 126 valence electrons. The number of rotatable bonds is 7. The van der Waals surface area contributed by atoms with E-state index < -0.39 is 11.0 Å². The number of nitrogens with zero attached hydrogens (tertiary/aromatic N) is 1. The Bertz CT molecular complexity index is 712. The first-order chi connectivity index (χ1) is 11.5. The second-order valence-corrected chi connectivity index (χ2v) is 5.33. The lowest BCUT2D eigenvalue weighted by Gasteiger charge is -2.13. The predicted octanol–water partition coefficient (Wildman–Crippen LogP) is 3.84. The van der Waals surface area contributed by atoms with E-state index in [0.717, 1.165) is 11.3 Å². The summed E-state index contributed by atoms with van der Waals surface area (Å²) in [7, 11) is 1.60. The average molecular weight is 329 g/mol. The minimum absolute atomic E-state index is 0.0198. The van der Waals surface area contributed by atoms with Gasteiger partial charge in [-0.15, -0.1) is 0 Å². The van der Waals surface area contributed by atoms with Crippen LogP contribution in [0.3, 0.4) is 0 Å². The highest BCUT2D eigenvalue weighted by Crippen LogP contribution is 2.22. The Morgan fingerprint density at radius 2 is 1.92 bits per heavy atom. The van der Waals surface area contributed by atoms with Crippen molar-refractivity contribution in [3.63, 3.8) is 0 Å². The zero-order valence-electron chi connectivity index (χ0n) is 13.6. The number of esters is 1. The molecule has 0 saturated carbocycles. The third-order valence-corrected chi connectivity index (χ3v) is 3.64. The van der Waals surface area contributed by atoms with E-state index in [9.17, 15) is 14.9 Å². The molecule has 0 aromatic heterocycles. The average Bonchev–Trinajstić information content (AvgIpc) is 2.60. The van der Waals surface area contributed by atoms with Gasteiger partial charge in [0.05, 0.1) is 12.0 Å². The largest absolute Gasteiger partial charge is 0.497 e. The molecule has 2 aromatic rings. The van der Waals surface area contributed by atoms with E-state index in [-0.39, 0.29) is 18.1 Å². The fraction of sp³-hybridized carbons (Fsp3) is 0.278. The van der Waals surface area contributed by atoms with Gasteiger partial charge in [-0.1, -0.05) is 24.3 Å². The first-order valence-electron chi connectivity index (χ1n) is 7.56. The van der Waals surface area contributed by atoms with Crippen LogP contribution in [0.5, 0.6) is 5.75 Å². The quantitative estimate of drug-likeness (QED) is 0.438. The standard InChI is InChI=1S/C18H19NO5/c1-13(15-4-3-5-16(12-15)19(21)22)24-18(20)11-8-14-6-9-17(23-2)10-7-14/h3-7,9-10,12-13H,8,11H2,1-2H3/t13-/m1/s1. The molecule has 0 aliphatic heterocycles. The summed E-state index contributed by atoms with van der Waals surface area (Å²) >= 11 is 0. The molecule has 0 unspecified atom stereocenters. The monoisotopic (exact) mass is 329 g/mol. The summed E-state index contributed by atoms with van der Waals surface area (Å²) in [5, 5.41) is 10.8. The van der Waals surface area contributed by atoms with Gasteiger partial charge in [0.2, 0.25) is 0 Å². The molecule has 0 spiro atoms. The third-order valence-electron chi connectivity index (χ3n) is 3.64. The number of hydrogen-bond donors (Lipinski definition) is 0. The van der Waals surface area contributed by atoms with E-state index in [1.54, 1.807) is 26.2 Å². The van der Waals surface area contributed by atoms with Gasteiger partial charge in [-0.2, -0.15) is 0 Å². The predicted molar refractivity (Wildman–Crippen MR) is 88.9 cm³/mol. The molecule has 0 bridgehead atoms. The minimum Gasteiger partial charge on any atom is -0.497 e. The number of nitro groups is 1. The Balaban J connectivity index is 1.89. The van der Waals surface area contributed by atoms with E-state index in [2.05, 4.69) is 0 Å². The highest BCUT2D eigenvalue weighted by Gasteiger charge is 2.15. The molecule has 6 heteroatoms. The Morgan fingerprint density at radius 3 is 2.54 bits per heavy atom. The summed E-state index contributed by atoms with van der Waals surface area (Å²) in [6, 6.07) is 13.6. The maximum absolute atomic E-state index is 12.0. The number of carbonyl (C=O) groups is 1. The van der Waals surface area contributed by atoms with Crippen LogP contribution in [0.1, 0.15) is 30.6 Å². The molecule has 0 amide bonds. The van der Waals surface area contributed by atoms with Gasteiger partial charge in [-0.25, -0.2) is 0 Å². The Kier molecular flexibility index (Phi) is 5.89. The fourth-order valence-electron chi connectivity index (χ4n) is 2.25. The number of methoxy groups -OCH3 is 1. The van der Waals surface area contributed by atoms with E-state index in [0.29, 0.717) is 12.0 Å². The molecule has 2 aromatic carbocycles. The smallest absolute Gasteiger partial charge is 0.306 e. The summed E-state index contributed by atoms with van der Waals surface area (Å²) in [5.41, 5.74) is 1.59. The molecule has 0 heterocycles. The molecule has 0 aliphatic rings. The minimum atomic E-state index is -0.534. The van der Waals surface area contributed by atoms with Gasteiger partial charge in [0.15, 0.2) is 0 Å². The number of ether oxygens (including phenoxy) is 2. The normalized spacial score (nSPS) is 11.6. The summed E-state index contributed by atoms with van der Waals surface area (Å²) in [5.74, 6) is 0.422. The zero-order valence-corrected chi connectivity index (χ0v) is 13.6. The Labute approximate surface area is 140 Å². The molecule has 2 rings (SSSR count). The summed E-state index contributed by atoms with van der Waals surface area (Å²) in [6.45, 7) is 1.70. The lowest BCUT2D eigenvalue weighted by atomic mass is 10.1. The summed E-state index contributed by atoms with van der Waals surface area (Å²) < 4.78 is 10.4. The van der Waals surface area contributed by atoms with Crippen molar-refractivity contribution in [1.82, 2.24) is 0 Å². The van der Waals surface area contributed by atoms with Crippen molar-refractivity contribution >= 4 is 11.7 Å². The maximum Gasteiger partial charge on any atom is 0.306 e. The van der Waals surface area contributed by atoms with Gasteiger partial charge in [0, 0.05) is 18.6 Å². The zero-order chi connectivity index (χ0) is 17.5. The molecule has 0 radical (unpaired) electrons. The molecule has 0 N–H and O–H groups in total. The number of aryl methyl sites for hydroxylation is 1. The number of non-ortho nitro benzene ring substituents is 1. The lowest BCUT2D eigenvalue weighted by Crippen LogP contribution is -2.10. The first-order valence-corrected chi connectivity index (χ1v) is 7.56. The SMILES string of the molecule is COc1ccc(CCC(=O)O[C@H](C)c2cccc([N+](=O)[O-])c2)cc1. The molecule has 1 atom stereocenters. The van der Waals surface area contributed by atoms with Crippen molar-refractivity contribution in [2.75, 3.05) is 7.11 Å². The number of hydrogen-bond acceptors (Lipinski definition) is 5. The van der Waals surface area contributed by atoms with Gasteiger partial charge < -0.3 is 9.47 Å². The van der Waals surface area contributed by atoms with Gasteiger partial charge in [-0.05, 0) is 36.6 Å². The van der Waals surface area contributed by atoms with E-state index in [4.69, 9.17) is 9.47 Å². The molecular formula is C18H19NO5. The number of nitro benzene ring substituents is 1. The van der Waals surface area contributed by atoms with Gasteiger partial charge >= 0.3 is 5.97 Å². The van der Waals surface area contributed by atoms with Crippen molar-refractivity contribution in [3.8, 4) is 5.75 Å². The Morgan fingerprint density at radius 1 is 1.21 bits per heavy atom. The lowest BCUT2D eigenvalue weighted by molar-refractivity contribution is -0.385. The van der Waals surface area contributed by atoms with Crippen molar-refractivity contribution < 1.29 is 19.2 Å². The molecule has 0 fully saturated rings. The van der Waals surface area contributed by atoms with Crippen LogP contribution in [0.25, 0.3) is 0 Å². The van der Waals surface area contributed by atoms with Crippen LogP contribution in [-0.2, 0) is 16.0 Å². The van der Waals surface area contributed by atoms with Crippen LogP contribution in [0.2, 0.25) is 0 Å². The van der Waals surface area contributed by atoms with Gasteiger partial charge in [0.25, 0.3) is 5.69 Å². The van der Waals surface area contributed by atoms with Crippen LogP contribution in [-0.4, -0.2) is 18.0 Å². The molecule has 0 aliphatic carbocycles. The number of benzene rings is 2. The fourth-order valence-corrected chi connectivity index (χ4v) is 2.25. The second-order valence-electron chi connectivity index (χ2n) is 5.33. The van der Waals surface area contributed by atoms with Crippen LogP contribution in [0.15, 0.2) is 48.5 Å². The number of carbonyl (C=O) groups excluding carboxylic acids is 1. The van der Waals surface area contributed by atoms with E-state index in [1.807, 2.05) is 24.3 Å². The maximum atomic E-state index is 12.0. The van der Waals surface area contributed by atoms with Crippen molar-refractivity contribution in [1.29, 1.82) is 0 Å². The van der Waals surface area contributed by atoms with Gasteiger partial charge in [0.1, 0.15) is 11.9 Å². The van der Waals surface area contributed by atoms with Gasteiger partial charge in [-0.3, -0.25) is 14.9 Å².